The maximum atomic E-state index is 14.8. The van der Waals surface area contributed by atoms with E-state index in [1.165, 1.54) is 30.5 Å². The number of nitrogens with one attached hydrogen (secondary N) is 3. The molecule has 9 nitrogen and oxygen atoms in total. The lowest BCUT2D eigenvalue weighted by Crippen LogP contribution is -2.14. The van der Waals surface area contributed by atoms with E-state index in [0.29, 0.717) is 22.6 Å². The zero-order chi connectivity index (χ0) is 29.6. The summed E-state index contributed by atoms with van der Waals surface area (Å²) in [5, 5.41) is 8.44. The maximum Gasteiger partial charge on any atom is 0.416 e. The van der Waals surface area contributed by atoms with E-state index >= 15 is 0 Å². The number of carbonyl (C=O) groups excluding carboxylic acids is 1. The summed E-state index contributed by atoms with van der Waals surface area (Å²) >= 11 is 0. The molecule has 4 aromatic rings. The largest absolute Gasteiger partial charge is 0.416 e. The number of nitrogens with zero attached hydrogens (tertiary/aromatic N) is 5. The van der Waals surface area contributed by atoms with Crippen molar-refractivity contribution in [3.63, 3.8) is 0 Å². The zero-order valence-corrected chi connectivity index (χ0v) is 22.3. The first-order valence-electron chi connectivity index (χ1n) is 12.5. The van der Waals surface area contributed by atoms with Gasteiger partial charge in [-0.2, -0.15) is 18.2 Å². The van der Waals surface area contributed by atoms with Gasteiger partial charge >= 0.3 is 6.18 Å². The fraction of sp³-hybridized carbons (Fsp3) is 0.214. The molecule has 0 spiro atoms. The molecule has 2 aromatic heterocycles. The lowest BCUT2D eigenvalue weighted by Gasteiger charge is -2.15. The Kier molecular flexibility index (Phi) is 8.97. The van der Waals surface area contributed by atoms with Crippen LogP contribution in [0.15, 0.2) is 73.8 Å². The average molecular weight is 569 g/mol. The number of benzene rings is 2. The summed E-state index contributed by atoms with van der Waals surface area (Å²) in [6, 6.07) is 8.35. The van der Waals surface area contributed by atoms with Crippen LogP contribution in [-0.2, 0) is 17.5 Å². The Morgan fingerprint density at radius 1 is 1.10 bits per heavy atom. The molecule has 0 fully saturated rings. The van der Waals surface area contributed by atoms with E-state index < -0.39 is 23.5 Å². The Bertz CT molecular complexity index is 1520. The highest BCUT2D eigenvalue weighted by Gasteiger charge is 2.30. The molecule has 0 aliphatic heterocycles. The van der Waals surface area contributed by atoms with Gasteiger partial charge in [0.05, 0.1) is 17.6 Å². The van der Waals surface area contributed by atoms with Crippen LogP contribution in [-0.4, -0.2) is 51.0 Å². The highest BCUT2D eigenvalue weighted by Crippen LogP contribution is 2.34. The first-order chi connectivity index (χ1) is 19.5. The predicted molar refractivity (Wildman–Crippen MR) is 150 cm³/mol. The molecule has 2 heterocycles. The summed E-state index contributed by atoms with van der Waals surface area (Å²) in [4.78, 5) is 26.9. The third kappa shape index (κ3) is 7.88. The van der Waals surface area contributed by atoms with Crippen molar-refractivity contribution in [2.24, 2.45) is 0 Å². The second-order valence-electron chi connectivity index (χ2n) is 9.32. The third-order valence-corrected chi connectivity index (χ3v) is 5.88. The van der Waals surface area contributed by atoms with E-state index in [-0.39, 0.29) is 17.5 Å². The lowest BCUT2D eigenvalue weighted by molar-refractivity contribution is -0.137. The molecule has 0 radical (unpaired) electrons. The van der Waals surface area contributed by atoms with Crippen LogP contribution >= 0.6 is 0 Å². The van der Waals surface area contributed by atoms with Gasteiger partial charge in [0.1, 0.15) is 11.6 Å². The average Bonchev–Trinajstić information content (AvgIpc) is 3.37. The number of anilines is 5. The molecule has 41 heavy (non-hydrogen) atoms. The molecule has 0 aliphatic carbocycles. The minimum Gasteiger partial charge on any atom is -0.337 e. The molecule has 0 aliphatic rings. The molecule has 4 rings (SSSR count). The Morgan fingerprint density at radius 3 is 2.54 bits per heavy atom. The number of rotatable bonds is 11. The molecule has 0 saturated heterocycles. The van der Waals surface area contributed by atoms with Gasteiger partial charge in [-0.1, -0.05) is 18.7 Å². The van der Waals surface area contributed by atoms with Gasteiger partial charge in [0.15, 0.2) is 5.82 Å². The smallest absolute Gasteiger partial charge is 0.337 e. The molecule has 0 atom stereocenters. The van der Waals surface area contributed by atoms with Crippen molar-refractivity contribution >= 4 is 34.9 Å². The van der Waals surface area contributed by atoms with Crippen molar-refractivity contribution in [2.45, 2.75) is 19.1 Å². The Labute approximate surface area is 234 Å². The molecular weight excluding hydrogens is 540 g/mol. The minimum absolute atomic E-state index is 0.0326. The summed E-state index contributed by atoms with van der Waals surface area (Å²) in [5.74, 6) is -0.423. The Morgan fingerprint density at radius 2 is 1.85 bits per heavy atom. The van der Waals surface area contributed by atoms with Crippen LogP contribution in [0.1, 0.15) is 12.0 Å². The predicted octanol–water partition coefficient (Wildman–Crippen LogP) is 6.06. The second-order valence-corrected chi connectivity index (χ2v) is 9.32. The van der Waals surface area contributed by atoms with Gasteiger partial charge < -0.3 is 25.4 Å². The first kappa shape index (κ1) is 29.2. The van der Waals surface area contributed by atoms with Crippen LogP contribution in [0.3, 0.4) is 0 Å². The van der Waals surface area contributed by atoms with Gasteiger partial charge in [0.2, 0.25) is 11.9 Å². The van der Waals surface area contributed by atoms with E-state index in [1.807, 2.05) is 18.7 Å². The number of halogens is 4. The number of carbonyl (C=O) groups is 1. The maximum absolute atomic E-state index is 14.8. The van der Waals surface area contributed by atoms with Crippen LogP contribution in [0.25, 0.3) is 11.1 Å². The van der Waals surface area contributed by atoms with Crippen molar-refractivity contribution in [3.05, 3.63) is 85.2 Å². The first-order valence-corrected chi connectivity index (χ1v) is 12.5. The molecule has 1 amide bonds. The Hall–Kier alpha value is -4.78. The van der Waals surface area contributed by atoms with Gasteiger partial charge in [-0.3, -0.25) is 4.79 Å². The number of imidazole rings is 1. The summed E-state index contributed by atoms with van der Waals surface area (Å²) < 4.78 is 56.1. The standard InChI is InChI=1S/C28H28F4N8O/c1-4-25(41)35-20-10-11-22(29)23(14-20)36-26-21(18-6-8-19(9-7-18)28(30,31)32)15-33-27(38-26)37-24-16-40(17-34-24)13-5-12-39(2)3/h4,6-11,14-17H,1,5,12-13H2,2-3H3,(H,35,41)(H2,33,36,37,38). The summed E-state index contributed by atoms with van der Waals surface area (Å²) in [6.07, 6.45) is 2.38. The SMILES string of the molecule is C=CC(=O)Nc1ccc(F)c(Nc2nc(Nc3cn(CCCN(C)C)cn3)ncc2-c2ccc(C(F)(F)F)cc2)c1. The van der Waals surface area contributed by atoms with Crippen LogP contribution in [0, 0.1) is 5.82 Å². The van der Waals surface area contributed by atoms with Crippen molar-refractivity contribution in [1.29, 1.82) is 0 Å². The lowest BCUT2D eigenvalue weighted by atomic mass is 10.1. The second kappa shape index (κ2) is 12.6. The number of alkyl halides is 3. The summed E-state index contributed by atoms with van der Waals surface area (Å²) in [5.41, 5.74) is 0.136. The number of amides is 1. The molecule has 0 saturated carbocycles. The molecule has 2 aromatic carbocycles. The van der Waals surface area contributed by atoms with E-state index in [9.17, 15) is 22.4 Å². The summed E-state index contributed by atoms with van der Waals surface area (Å²) in [7, 11) is 4.00. The highest BCUT2D eigenvalue weighted by molar-refractivity contribution is 5.99. The van der Waals surface area contributed by atoms with Crippen LogP contribution in [0.5, 0.6) is 0 Å². The topological polar surface area (TPSA) is 100 Å². The highest BCUT2D eigenvalue weighted by atomic mass is 19.4. The van der Waals surface area contributed by atoms with Crippen molar-refractivity contribution < 1.29 is 22.4 Å². The monoisotopic (exact) mass is 568 g/mol. The molecule has 3 N–H and O–H groups in total. The normalized spacial score (nSPS) is 11.4. The van der Waals surface area contributed by atoms with Crippen molar-refractivity contribution in [2.75, 3.05) is 36.6 Å². The van der Waals surface area contributed by atoms with Crippen LogP contribution < -0.4 is 16.0 Å². The van der Waals surface area contributed by atoms with E-state index in [0.717, 1.165) is 43.8 Å². The fourth-order valence-corrected chi connectivity index (χ4v) is 3.84. The van der Waals surface area contributed by atoms with Gasteiger partial charge in [-0.15, -0.1) is 0 Å². The third-order valence-electron chi connectivity index (χ3n) is 5.88. The minimum atomic E-state index is -4.50. The molecule has 13 heteroatoms. The number of aryl methyl sites for hydroxylation is 1. The van der Waals surface area contributed by atoms with Gasteiger partial charge in [-0.25, -0.2) is 14.4 Å². The zero-order valence-electron chi connectivity index (χ0n) is 22.3. The van der Waals surface area contributed by atoms with Crippen molar-refractivity contribution in [1.82, 2.24) is 24.4 Å². The van der Waals surface area contributed by atoms with Gasteiger partial charge in [0, 0.05) is 30.2 Å². The van der Waals surface area contributed by atoms with Gasteiger partial charge in [0.25, 0.3) is 0 Å². The van der Waals surface area contributed by atoms with Crippen LogP contribution in [0.2, 0.25) is 0 Å². The number of aromatic nitrogens is 4. The van der Waals surface area contributed by atoms with Crippen molar-refractivity contribution in [3.8, 4) is 11.1 Å². The summed E-state index contributed by atoms with van der Waals surface area (Å²) in [6.45, 7) is 5.06. The quantitative estimate of drug-likeness (QED) is 0.149. The molecular formula is C28H28F4N8O. The van der Waals surface area contributed by atoms with E-state index in [1.54, 1.807) is 12.5 Å². The van der Waals surface area contributed by atoms with Gasteiger partial charge in [-0.05, 0) is 69.0 Å². The number of hydrogen-bond donors (Lipinski definition) is 3. The molecule has 0 unspecified atom stereocenters. The molecule has 0 bridgehead atoms. The van der Waals surface area contributed by atoms with Crippen LogP contribution in [0.4, 0.5) is 46.5 Å². The Balaban J connectivity index is 1.65. The molecule has 214 valence electrons. The van der Waals surface area contributed by atoms with E-state index in [2.05, 4.69) is 42.4 Å². The number of hydrogen-bond acceptors (Lipinski definition) is 7. The van der Waals surface area contributed by atoms with E-state index in [4.69, 9.17) is 0 Å². The fourth-order valence-electron chi connectivity index (χ4n) is 3.84.